The second kappa shape index (κ2) is 6.43. The van der Waals surface area contributed by atoms with Crippen molar-refractivity contribution < 1.29 is 9.53 Å². The van der Waals surface area contributed by atoms with Gasteiger partial charge in [-0.05, 0) is 32.0 Å². The minimum atomic E-state index is -0.0535. The number of likely N-dealkylation sites (tertiary alicyclic amines) is 1. The molecule has 2 amide bonds. The van der Waals surface area contributed by atoms with E-state index in [0.717, 1.165) is 25.9 Å². The van der Waals surface area contributed by atoms with Gasteiger partial charge in [-0.2, -0.15) is 0 Å². The Labute approximate surface area is 113 Å². The lowest BCUT2D eigenvalue weighted by Gasteiger charge is -2.25. The van der Waals surface area contributed by atoms with Crippen molar-refractivity contribution in [3.05, 3.63) is 24.3 Å². The number of anilines is 1. The number of amides is 2. The van der Waals surface area contributed by atoms with E-state index in [1.807, 2.05) is 36.2 Å². The van der Waals surface area contributed by atoms with Gasteiger partial charge >= 0.3 is 6.03 Å². The van der Waals surface area contributed by atoms with Crippen LogP contribution in [0.4, 0.5) is 10.5 Å². The van der Waals surface area contributed by atoms with Gasteiger partial charge in [0.2, 0.25) is 0 Å². The predicted molar refractivity (Wildman–Crippen MR) is 75.7 cm³/mol. The SMILES string of the molecule is CNCC1CCCN1C(=O)Nc1ccccc1OC. The maximum Gasteiger partial charge on any atom is 0.322 e. The van der Waals surface area contributed by atoms with E-state index in [4.69, 9.17) is 4.74 Å². The van der Waals surface area contributed by atoms with E-state index < -0.39 is 0 Å². The third-order valence-corrected chi connectivity index (χ3v) is 3.43. The van der Waals surface area contributed by atoms with E-state index in [1.165, 1.54) is 0 Å². The molecule has 0 aliphatic carbocycles. The van der Waals surface area contributed by atoms with Crippen molar-refractivity contribution in [2.45, 2.75) is 18.9 Å². The fraction of sp³-hybridized carbons (Fsp3) is 0.500. The number of hydrogen-bond donors (Lipinski definition) is 2. The quantitative estimate of drug-likeness (QED) is 0.872. The summed E-state index contributed by atoms with van der Waals surface area (Å²) in [6.07, 6.45) is 2.12. The first kappa shape index (κ1) is 13.7. The van der Waals surface area contributed by atoms with Crippen molar-refractivity contribution in [3.63, 3.8) is 0 Å². The molecule has 1 aliphatic rings. The molecule has 1 unspecified atom stereocenters. The molecule has 2 N–H and O–H groups in total. The van der Waals surface area contributed by atoms with Crippen LogP contribution in [0.25, 0.3) is 0 Å². The third-order valence-electron chi connectivity index (χ3n) is 3.43. The normalized spacial score (nSPS) is 18.4. The van der Waals surface area contributed by atoms with Crippen LogP contribution in [0, 0.1) is 0 Å². The number of hydrogen-bond acceptors (Lipinski definition) is 3. The Morgan fingerprint density at radius 2 is 2.26 bits per heavy atom. The summed E-state index contributed by atoms with van der Waals surface area (Å²) >= 11 is 0. The zero-order chi connectivity index (χ0) is 13.7. The Morgan fingerprint density at radius 3 is 3.00 bits per heavy atom. The first-order valence-corrected chi connectivity index (χ1v) is 6.61. The number of urea groups is 1. The van der Waals surface area contributed by atoms with E-state index in [-0.39, 0.29) is 12.1 Å². The van der Waals surface area contributed by atoms with Gasteiger partial charge in [-0.3, -0.25) is 0 Å². The third kappa shape index (κ3) is 3.17. The molecule has 1 aromatic rings. The van der Waals surface area contributed by atoms with Crippen LogP contribution >= 0.6 is 0 Å². The molecule has 1 atom stereocenters. The summed E-state index contributed by atoms with van der Waals surface area (Å²) in [4.78, 5) is 14.2. The number of nitrogens with one attached hydrogen (secondary N) is 2. The monoisotopic (exact) mass is 263 g/mol. The van der Waals surface area contributed by atoms with Gasteiger partial charge in [-0.15, -0.1) is 0 Å². The predicted octanol–water partition coefficient (Wildman–Crippen LogP) is 1.91. The van der Waals surface area contributed by atoms with Crippen molar-refractivity contribution >= 4 is 11.7 Å². The molecule has 5 nitrogen and oxygen atoms in total. The van der Waals surface area contributed by atoms with Gasteiger partial charge in [0.15, 0.2) is 0 Å². The number of para-hydroxylation sites is 2. The van der Waals surface area contributed by atoms with Crippen LogP contribution in [0.3, 0.4) is 0 Å². The lowest BCUT2D eigenvalue weighted by Crippen LogP contribution is -2.43. The standard InChI is InChI=1S/C14H21N3O2/c1-15-10-11-6-5-9-17(11)14(18)16-12-7-3-4-8-13(12)19-2/h3-4,7-8,11,15H,5-6,9-10H2,1-2H3,(H,16,18). The zero-order valence-electron chi connectivity index (χ0n) is 11.5. The molecular formula is C14H21N3O2. The lowest BCUT2D eigenvalue weighted by molar-refractivity contribution is 0.206. The molecule has 1 saturated heterocycles. The minimum absolute atomic E-state index is 0.0535. The number of carbonyl (C=O) groups is 1. The lowest BCUT2D eigenvalue weighted by atomic mass is 10.2. The van der Waals surface area contributed by atoms with E-state index in [0.29, 0.717) is 11.4 Å². The van der Waals surface area contributed by atoms with Crippen LogP contribution in [0.15, 0.2) is 24.3 Å². The van der Waals surface area contributed by atoms with Gasteiger partial charge in [0, 0.05) is 19.1 Å². The molecule has 5 heteroatoms. The zero-order valence-corrected chi connectivity index (χ0v) is 11.5. The molecule has 104 valence electrons. The molecule has 0 spiro atoms. The summed E-state index contributed by atoms with van der Waals surface area (Å²) in [5.41, 5.74) is 0.713. The Morgan fingerprint density at radius 1 is 1.47 bits per heavy atom. The Kier molecular flexibility index (Phi) is 4.63. The maximum atomic E-state index is 12.3. The Hall–Kier alpha value is -1.75. The highest BCUT2D eigenvalue weighted by Gasteiger charge is 2.28. The average Bonchev–Trinajstić information content (AvgIpc) is 2.88. The summed E-state index contributed by atoms with van der Waals surface area (Å²) in [5.74, 6) is 0.681. The van der Waals surface area contributed by atoms with Gasteiger partial charge in [0.25, 0.3) is 0 Å². The number of rotatable bonds is 4. The summed E-state index contributed by atoms with van der Waals surface area (Å²) in [6, 6.07) is 7.67. The molecule has 1 fully saturated rings. The minimum Gasteiger partial charge on any atom is -0.495 e. The molecule has 1 aromatic carbocycles. The summed E-state index contributed by atoms with van der Waals surface area (Å²) in [5, 5.41) is 6.06. The van der Waals surface area contributed by atoms with Crippen LogP contribution in [0.2, 0.25) is 0 Å². The number of likely N-dealkylation sites (N-methyl/N-ethyl adjacent to an activating group) is 1. The van der Waals surface area contributed by atoms with Crippen LogP contribution in [0.1, 0.15) is 12.8 Å². The highest BCUT2D eigenvalue weighted by molar-refractivity contribution is 5.91. The Balaban J connectivity index is 2.04. The molecule has 1 aliphatic heterocycles. The first-order chi connectivity index (χ1) is 9.26. The van der Waals surface area contributed by atoms with Crippen LogP contribution in [0.5, 0.6) is 5.75 Å². The molecule has 0 radical (unpaired) electrons. The number of carbonyl (C=O) groups excluding carboxylic acids is 1. The van der Waals surface area contributed by atoms with Crippen molar-refractivity contribution in [2.24, 2.45) is 0 Å². The van der Waals surface area contributed by atoms with Gasteiger partial charge < -0.3 is 20.3 Å². The van der Waals surface area contributed by atoms with Gasteiger partial charge in [-0.25, -0.2) is 4.79 Å². The van der Waals surface area contributed by atoms with Crippen LogP contribution < -0.4 is 15.4 Å². The van der Waals surface area contributed by atoms with Gasteiger partial charge in [-0.1, -0.05) is 12.1 Å². The van der Waals surface area contributed by atoms with Crippen LogP contribution in [-0.4, -0.2) is 44.2 Å². The largest absolute Gasteiger partial charge is 0.495 e. The van der Waals surface area contributed by atoms with E-state index >= 15 is 0 Å². The van der Waals surface area contributed by atoms with Gasteiger partial charge in [0.1, 0.15) is 5.75 Å². The molecule has 0 bridgehead atoms. The fourth-order valence-corrected chi connectivity index (χ4v) is 2.49. The molecule has 0 saturated carbocycles. The summed E-state index contributed by atoms with van der Waals surface area (Å²) in [7, 11) is 3.51. The van der Waals surface area contributed by atoms with Crippen LogP contribution in [-0.2, 0) is 0 Å². The first-order valence-electron chi connectivity index (χ1n) is 6.61. The highest BCUT2D eigenvalue weighted by atomic mass is 16.5. The number of nitrogens with zero attached hydrogens (tertiary/aromatic N) is 1. The van der Waals surface area contributed by atoms with Crippen molar-refractivity contribution in [3.8, 4) is 5.75 Å². The van der Waals surface area contributed by atoms with E-state index in [1.54, 1.807) is 7.11 Å². The number of benzene rings is 1. The highest BCUT2D eigenvalue weighted by Crippen LogP contribution is 2.25. The molecule has 0 aromatic heterocycles. The smallest absolute Gasteiger partial charge is 0.322 e. The van der Waals surface area contributed by atoms with Crippen molar-refractivity contribution in [1.29, 1.82) is 0 Å². The summed E-state index contributed by atoms with van der Waals surface area (Å²) in [6.45, 7) is 1.65. The second-order valence-corrected chi connectivity index (χ2v) is 4.68. The molecule has 19 heavy (non-hydrogen) atoms. The maximum absolute atomic E-state index is 12.3. The number of methoxy groups -OCH3 is 1. The molecule has 2 rings (SSSR count). The summed E-state index contributed by atoms with van der Waals surface area (Å²) < 4.78 is 5.24. The van der Waals surface area contributed by atoms with Crippen molar-refractivity contribution in [1.82, 2.24) is 10.2 Å². The second-order valence-electron chi connectivity index (χ2n) is 4.68. The van der Waals surface area contributed by atoms with Crippen molar-refractivity contribution in [2.75, 3.05) is 32.6 Å². The van der Waals surface area contributed by atoms with E-state index in [9.17, 15) is 4.79 Å². The average molecular weight is 263 g/mol. The van der Waals surface area contributed by atoms with Gasteiger partial charge in [0.05, 0.1) is 12.8 Å². The molecular weight excluding hydrogens is 242 g/mol. The topological polar surface area (TPSA) is 53.6 Å². The van der Waals surface area contributed by atoms with E-state index in [2.05, 4.69) is 10.6 Å². The molecule has 1 heterocycles. The fourth-order valence-electron chi connectivity index (χ4n) is 2.49. The number of ether oxygens (including phenoxy) is 1. The Bertz CT molecular complexity index is 436.